The van der Waals surface area contributed by atoms with Gasteiger partial charge in [-0.05, 0) is 48.0 Å². The second-order valence-electron chi connectivity index (χ2n) is 4.32. The first-order valence-corrected chi connectivity index (χ1v) is 6.39. The standard InChI is InChI=1S/C14H10ClNS/c15-13-7-12(9-5-6-9)10-3-1-2-4-11(10)14(13)16-8-17/h1-4,7,9H,5-6H2. The van der Waals surface area contributed by atoms with Crippen molar-refractivity contribution < 1.29 is 0 Å². The summed E-state index contributed by atoms with van der Waals surface area (Å²) in [5.74, 6) is 0.669. The van der Waals surface area contributed by atoms with Crippen LogP contribution >= 0.6 is 23.8 Å². The van der Waals surface area contributed by atoms with Gasteiger partial charge in [-0.3, -0.25) is 0 Å². The van der Waals surface area contributed by atoms with E-state index < -0.39 is 0 Å². The molecule has 0 unspecified atom stereocenters. The zero-order valence-corrected chi connectivity index (χ0v) is 10.7. The average Bonchev–Trinajstić information content (AvgIpc) is 3.16. The molecule has 0 spiro atoms. The van der Waals surface area contributed by atoms with Crippen LogP contribution in [-0.4, -0.2) is 5.16 Å². The maximum atomic E-state index is 6.28. The van der Waals surface area contributed by atoms with E-state index in [0.717, 1.165) is 11.1 Å². The minimum absolute atomic E-state index is 0.669. The molecule has 1 nitrogen and oxygen atoms in total. The number of thiocarbonyl (C=S) groups is 1. The van der Waals surface area contributed by atoms with Crippen molar-refractivity contribution in [2.75, 3.05) is 0 Å². The third-order valence-corrected chi connectivity index (χ3v) is 3.56. The van der Waals surface area contributed by atoms with E-state index in [1.807, 2.05) is 24.3 Å². The lowest BCUT2D eigenvalue weighted by Gasteiger charge is -2.09. The summed E-state index contributed by atoms with van der Waals surface area (Å²) in [5, 5.41) is 5.38. The maximum Gasteiger partial charge on any atom is 0.100 e. The molecule has 17 heavy (non-hydrogen) atoms. The van der Waals surface area contributed by atoms with Gasteiger partial charge in [-0.1, -0.05) is 35.9 Å². The summed E-state index contributed by atoms with van der Waals surface area (Å²) in [6.07, 6.45) is 2.52. The minimum atomic E-state index is 0.669. The van der Waals surface area contributed by atoms with Crippen molar-refractivity contribution in [1.82, 2.24) is 0 Å². The van der Waals surface area contributed by atoms with Crippen LogP contribution in [0.3, 0.4) is 0 Å². The molecule has 0 aromatic heterocycles. The lowest BCUT2D eigenvalue weighted by Crippen LogP contribution is -1.85. The molecule has 0 saturated heterocycles. The van der Waals surface area contributed by atoms with Crippen LogP contribution < -0.4 is 0 Å². The first-order chi connectivity index (χ1) is 8.31. The fourth-order valence-electron chi connectivity index (χ4n) is 2.24. The molecule has 0 bridgehead atoms. The summed E-state index contributed by atoms with van der Waals surface area (Å²) in [5.41, 5.74) is 2.08. The highest BCUT2D eigenvalue weighted by atomic mass is 35.5. The van der Waals surface area contributed by atoms with Crippen molar-refractivity contribution in [3.63, 3.8) is 0 Å². The highest BCUT2D eigenvalue weighted by molar-refractivity contribution is 7.78. The van der Waals surface area contributed by atoms with Crippen molar-refractivity contribution in [2.24, 2.45) is 4.99 Å². The van der Waals surface area contributed by atoms with Crippen LogP contribution in [0.15, 0.2) is 35.3 Å². The van der Waals surface area contributed by atoms with E-state index in [1.54, 1.807) is 0 Å². The van der Waals surface area contributed by atoms with Crippen molar-refractivity contribution in [1.29, 1.82) is 0 Å². The Morgan fingerprint density at radius 3 is 2.59 bits per heavy atom. The molecule has 0 aliphatic heterocycles. The number of isothiocyanates is 1. The van der Waals surface area contributed by atoms with Crippen molar-refractivity contribution >= 4 is 45.4 Å². The van der Waals surface area contributed by atoms with E-state index >= 15 is 0 Å². The topological polar surface area (TPSA) is 12.4 Å². The van der Waals surface area contributed by atoms with Gasteiger partial charge in [-0.15, -0.1) is 0 Å². The molecular weight excluding hydrogens is 250 g/mol. The minimum Gasteiger partial charge on any atom is -0.192 e. The van der Waals surface area contributed by atoms with Gasteiger partial charge in [0.2, 0.25) is 0 Å². The van der Waals surface area contributed by atoms with Gasteiger partial charge in [0.25, 0.3) is 0 Å². The smallest absolute Gasteiger partial charge is 0.100 e. The Morgan fingerprint density at radius 2 is 1.94 bits per heavy atom. The van der Waals surface area contributed by atoms with Crippen molar-refractivity contribution in [3.05, 3.63) is 40.9 Å². The molecule has 2 aromatic rings. The van der Waals surface area contributed by atoms with E-state index in [4.69, 9.17) is 11.6 Å². The molecule has 0 N–H and O–H groups in total. The van der Waals surface area contributed by atoms with Gasteiger partial charge >= 0.3 is 0 Å². The Kier molecular flexibility index (Phi) is 2.71. The van der Waals surface area contributed by atoms with E-state index in [1.165, 1.54) is 23.8 Å². The molecule has 0 amide bonds. The number of halogens is 1. The van der Waals surface area contributed by atoms with Gasteiger partial charge in [0, 0.05) is 5.39 Å². The lowest BCUT2D eigenvalue weighted by molar-refractivity contribution is 1.15. The Labute approximate surface area is 110 Å². The number of aliphatic imine (C=N–C) groups is 1. The summed E-state index contributed by atoms with van der Waals surface area (Å²) in [4.78, 5) is 4.09. The van der Waals surface area contributed by atoms with Gasteiger partial charge in [-0.25, -0.2) is 0 Å². The van der Waals surface area contributed by atoms with E-state index in [-0.39, 0.29) is 0 Å². The zero-order chi connectivity index (χ0) is 11.8. The molecule has 1 aliphatic rings. The third kappa shape index (κ3) is 1.89. The van der Waals surface area contributed by atoms with Crippen molar-refractivity contribution in [3.8, 4) is 0 Å². The van der Waals surface area contributed by atoms with Crippen LogP contribution in [0.4, 0.5) is 5.69 Å². The fraction of sp³-hybridized carbons (Fsp3) is 0.214. The molecule has 2 aromatic carbocycles. The summed E-state index contributed by atoms with van der Waals surface area (Å²) < 4.78 is 0. The normalized spacial score (nSPS) is 14.6. The molecule has 0 heterocycles. The Bertz CT molecular complexity index is 640. The summed E-state index contributed by atoms with van der Waals surface area (Å²) in [6, 6.07) is 10.2. The second kappa shape index (κ2) is 4.23. The maximum absolute atomic E-state index is 6.28. The van der Waals surface area contributed by atoms with Gasteiger partial charge in [0.05, 0.1) is 10.2 Å². The first-order valence-electron chi connectivity index (χ1n) is 5.60. The fourth-order valence-corrected chi connectivity index (χ4v) is 2.60. The van der Waals surface area contributed by atoms with Crippen LogP contribution in [0.25, 0.3) is 10.8 Å². The Balaban J connectivity index is 2.39. The third-order valence-electron chi connectivity index (χ3n) is 3.18. The number of benzene rings is 2. The van der Waals surface area contributed by atoms with Crippen LogP contribution in [0.2, 0.25) is 5.02 Å². The number of rotatable bonds is 2. The highest BCUT2D eigenvalue weighted by Gasteiger charge is 2.26. The number of nitrogens with zero attached hydrogens (tertiary/aromatic N) is 1. The summed E-state index contributed by atoms with van der Waals surface area (Å²) in [7, 11) is 0. The van der Waals surface area contributed by atoms with E-state index in [9.17, 15) is 0 Å². The molecule has 3 rings (SSSR count). The largest absolute Gasteiger partial charge is 0.192 e. The quantitative estimate of drug-likeness (QED) is 0.540. The highest BCUT2D eigenvalue weighted by Crippen LogP contribution is 2.46. The molecule has 1 saturated carbocycles. The monoisotopic (exact) mass is 259 g/mol. The molecule has 0 radical (unpaired) electrons. The van der Waals surface area contributed by atoms with E-state index in [0.29, 0.717) is 10.9 Å². The van der Waals surface area contributed by atoms with E-state index in [2.05, 4.69) is 28.4 Å². The molecule has 0 atom stereocenters. The SMILES string of the molecule is S=C=Nc1c(Cl)cc(C2CC2)c2ccccc12. The van der Waals surface area contributed by atoms with Gasteiger partial charge in [-0.2, -0.15) is 4.99 Å². The predicted octanol–water partition coefficient (Wildman–Crippen LogP) is 5.10. The molecular formula is C14H10ClNS. The van der Waals surface area contributed by atoms with Gasteiger partial charge in [0.15, 0.2) is 0 Å². The van der Waals surface area contributed by atoms with Gasteiger partial charge in [0.1, 0.15) is 5.69 Å². The molecule has 3 heteroatoms. The average molecular weight is 260 g/mol. The number of hydrogen-bond acceptors (Lipinski definition) is 2. The Hall–Kier alpha value is -1.21. The Morgan fingerprint density at radius 1 is 1.24 bits per heavy atom. The summed E-state index contributed by atoms with van der Waals surface area (Å²) in [6.45, 7) is 0. The van der Waals surface area contributed by atoms with Crippen LogP contribution in [0.5, 0.6) is 0 Å². The van der Waals surface area contributed by atoms with Gasteiger partial charge < -0.3 is 0 Å². The van der Waals surface area contributed by atoms with Crippen LogP contribution in [-0.2, 0) is 0 Å². The number of fused-ring (bicyclic) bond motifs is 1. The lowest BCUT2D eigenvalue weighted by atomic mass is 10.00. The first kappa shape index (κ1) is 10.9. The molecule has 84 valence electrons. The number of hydrogen-bond donors (Lipinski definition) is 0. The molecule has 1 aliphatic carbocycles. The molecule has 1 fully saturated rings. The second-order valence-corrected chi connectivity index (χ2v) is 4.91. The summed E-state index contributed by atoms with van der Waals surface area (Å²) >= 11 is 11.0. The van der Waals surface area contributed by atoms with Crippen LogP contribution in [0, 0.1) is 0 Å². The van der Waals surface area contributed by atoms with Crippen LogP contribution in [0.1, 0.15) is 24.3 Å². The zero-order valence-electron chi connectivity index (χ0n) is 9.11. The predicted molar refractivity (Wildman–Crippen MR) is 75.6 cm³/mol. The van der Waals surface area contributed by atoms with Crippen molar-refractivity contribution in [2.45, 2.75) is 18.8 Å².